The highest BCUT2D eigenvalue weighted by Gasteiger charge is 2.07. The molecule has 0 aromatic carbocycles. The predicted octanol–water partition coefficient (Wildman–Crippen LogP) is 1.53. The van der Waals surface area contributed by atoms with E-state index in [4.69, 9.17) is 17.3 Å². The van der Waals surface area contributed by atoms with E-state index in [1.807, 2.05) is 6.92 Å². The van der Waals surface area contributed by atoms with Gasteiger partial charge in [0.2, 0.25) is 0 Å². The Morgan fingerprint density at radius 3 is 3.08 bits per heavy atom. The lowest BCUT2D eigenvalue weighted by atomic mass is 10.2. The van der Waals surface area contributed by atoms with Crippen LogP contribution in [0.1, 0.15) is 12.5 Å². The van der Waals surface area contributed by atoms with Gasteiger partial charge in [-0.05, 0) is 6.42 Å². The summed E-state index contributed by atoms with van der Waals surface area (Å²) in [6, 6.07) is 0. The smallest absolute Gasteiger partial charge is 0.160 e. The molecule has 0 atom stereocenters. The number of fused-ring (bicyclic) bond motifs is 1. The molecule has 2 aromatic rings. The number of anilines is 1. The second kappa shape index (κ2) is 2.88. The Morgan fingerprint density at radius 1 is 1.62 bits per heavy atom. The molecule has 0 aliphatic rings. The van der Waals surface area contributed by atoms with Crippen LogP contribution in [0.15, 0.2) is 12.4 Å². The molecule has 0 saturated carbocycles. The van der Waals surface area contributed by atoms with Gasteiger partial charge in [-0.1, -0.05) is 18.5 Å². The van der Waals surface area contributed by atoms with E-state index in [0.717, 1.165) is 17.6 Å². The van der Waals surface area contributed by atoms with Gasteiger partial charge in [-0.3, -0.25) is 0 Å². The van der Waals surface area contributed by atoms with Crippen LogP contribution in [-0.4, -0.2) is 14.6 Å². The number of nitrogens with zero attached hydrogens (tertiary/aromatic N) is 3. The zero-order chi connectivity index (χ0) is 9.42. The first-order chi connectivity index (χ1) is 6.22. The molecule has 0 aliphatic heterocycles. The number of hydrogen-bond acceptors (Lipinski definition) is 3. The summed E-state index contributed by atoms with van der Waals surface area (Å²) in [4.78, 5) is 4.13. The Labute approximate surface area is 80.3 Å². The normalized spacial score (nSPS) is 10.9. The van der Waals surface area contributed by atoms with Gasteiger partial charge >= 0.3 is 0 Å². The monoisotopic (exact) mass is 196 g/mol. The fraction of sp³-hybridized carbons (Fsp3) is 0.250. The largest absolute Gasteiger partial charge is 0.397 e. The summed E-state index contributed by atoms with van der Waals surface area (Å²) in [6.45, 7) is 2.02. The highest BCUT2D eigenvalue weighted by molar-refractivity contribution is 6.29. The number of hydrogen-bond donors (Lipinski definition) is 1. The molecule has 2 aromatic heterocycles. The first-order valence-electron chi connectivity index (χ1n) is 4.00. The quantitative estimate of drug-likeness (QED) is 0.753. The van der Waals surface area contributed by atoms with E-state index >= 15 is 0 Å². The Balaban J connectivity index is 2.82. The molecule has 5 heteroatoms. The summed E-state index contributed by atoms with van der Waals surface area (Å²) in [5.74, 6) is 0. The average molecular weight is 197 g/mol. The molecule has 0 unspecified atom stereocenters. The Kier molecular flexibility index (Phi) is 1.84. The highest BCUT2D eigenvalue weighted by atomic mass is 35.5. The van der Waals surface area contributed by atoms with E-state index in [-0.39, 0.29) is 0 Å². The molecule has 68 valence electrons. The number of nitrogens with two attached hydrogens (primary N) is 1. The highest BCUT2D eigenvalue weighted by Crippen LogP contribution is 2.18. The first kappa shape index (κ1) is 8.31. The van der Waals surface area contributed by atoms with Crippen molar-refractivity contribution in [3.8, 4) is 0 Å². The van der Waals surface area contributed by atoms with Crippen molar-refractivity contribution < 1.29 is 0 Å². The molecule has 0 bridgehead atoms. The van der Waals surface area contributed by atoms with Crippen LogP contribution in [-0.2, 0) is 6.42 Å². The van der Waals surface area contributed by atoms with Crippen LogP contribution in [0.4, 0.5) is 5.69 Å². The maximum Gasteiger partial charge on any atom is 0.160 e. The van der Waals surface area contributed by atoms with E-state index in [9.17, 15) is 0 Å². The van der Waals surface area contributed by atoms with Gasteiger partial charge in [0.15, 0.2) is 5.65 Å². The first-order valence-corrected chi connectivity index (χ1v) is 4.38. The average Bonchev–Trinajstić information content (AvgIpc) is 2.45. The Hall–Kier alpha value is -1.29. The summed E-state index contributed by atoms with van der Waals surface area (Å²) in [5.41, 5.74) is 8.14. The predicted molar refractivity (Wildman–Crippen MR) is 51.8 cm³/mol. The van der Waals surface area contributed by atoms with Crippen LogP contribution in [0.3, 0.4) is 0 Å². The Morgan fingerprint density at radius 2 is 2.38 bits per heavy atom. The van der Waals surface area contributed by atoms with Crippen molar-refractivity contribution in [3.05, 3.63) is 23.1 Å². The van der Waals surface area contributed by atoms with Crippen molar-refractivity contribution in [2.45, 2.75) is 13.3 Å². The maximum absolute atomic E-state index is 5.75. The summed E-state index contributed by atoms with van der Waals surface area (Å²) in [6.07, 6.45) is 4.10. The lowest BCUT2D eigenvalue weighted by molar-refractivity contribution is 0.919. The molecular formula is C8H9ClN4. The van der Waals surface area contributed by atoms with Crippen molar-refractivity contribution in [2.75, 3.05) is 5.73 Å². The lowest BCUT2D eigenvalue weighted by Crippen LogP contribution is -2.00. The van der Waals surface area contributed by atoms with Crippen LogP contribution in [0.5, 0.6) is 0 Å². The van der Waals surface area contributed by atoms with Crippen molar-refractivity contribution >= 4 is 22.9 Å². The zero-order valence-electron chi connectivity index (χ0n) is 7.16. The molecule has 0 saturated heterocycles. The maximum atomic E-state index is 5.75. The van der Waals surface area contributed by atoms with E-state index < -0.39 is 0 Å². The third kappa shape index (κ3) is 1.23. The minimum atomic E-state index is 0.438. The third-order valence-electron chi connectivity index (χ3n) is 1.95. The van der Waals surface area contributed by atoms with Crippen molar-refractivity contribution in [3.63, 3.8) is 0 Å². The summed E-state index contributed by atoms with van der Waals surface area (Å²) in [5, 5.41) is 4.49. The van der Waals surface area contributed by atoms with Crippen molar-refractivity contribution in [2.24, 2.45) is 0 Å². The molecule has 0 radical (unpaired) electrons. The Bertz CT molecular complexity index is 449. The standard InChI is InChI=1S/C8H9ClN4/c1-2-5-6(10)3-11-13-4-7(9)12-8(5)13/h3-4H,2,10H2,1H3. The molecular weight excluding hydrogens is 188 g/mol. The topological polar surface area (TPSA) is 56.2 Å². The fourth-order valence-electron chi connectivity index (χ4n) is 1.33. The van der Waals surface area contributed by atoms with Gasteiger partial charge in [0.1, 0.15) is 5.15 Å². The van der Waals surface area contributed by atoms with Gasteiger partial charge in [-0.15, -0.1) is 0 Å². The van der Waals surface area contributed by atoms with Gasteiger partial charge in [0, 0.05) is 5.56 Å². The molecule has 0 amide bonds. The molecule has 2 rings (SSSR count). The van der Waals surface area contributed by atoms with Crippen molar-refractivity contribution in [1.82, 2.24) is 14.6 Å². The number of halogens is 1. The molecule has 13 heavy (non-hydrogen) atoms. The SMILES string of the molecule is CCc1c(N)cnn2cc(Cl)nc12. The molecule has 0 spiro atoms. The van der Waals surface area contributed by atoms with Crippen LogP contribution >= 0.6 is 11.6 Å². The third-order valence-corrected chi connectivity index (χ3v) is 2.13. The van der Waals surface area contributed by atoms with E-state index in [1.165, 1.54) is 0 Å². The van der Waals surface area contributed by atoms with Gasteiger partial charge in [-0.2, -0.15) is 5.10 Å². The number of aryl methyl sites for hydroxylation is 1. The van der Waals surface area contributed by atoms with Crippen LogP contribution in [0, 0.1) is 0 Å². The molecule has 2 heterocycles. The number of rotatable bonds is 1. The number of imidazole rings is 1. The van der Waals surface area contributed by atoms with Gasteiger partial charge < -0.3 is 5.73 Å². The van der Waals surface area contributed by atoms with Crippen molar-refractivity contribution in [1.29, 1.82) is 0 Å². The number of nitrogen functional groups attached to an aromatic ring is 1. The van der Waals surface area contributed by atoms with E-state index in [0.29, 0.717) is 10.8 Å². The lowest BCUT2D eigenvalue weighted by Gasteiger charge is -2.02. The second-order valence-corrected chi connectivity index (χ2v) is 3.15. The van der Waals surface area contributed by atoms with Crippen LogP contribution in [0.25, 0.3) is 5.65 Å². The summed E-state index contributed by atoms with van der Waals surface area (Å²) >= 11 is 5.75. The molecule has 2 N–H and O–H groups in total. The molecule has 0 aliphatic carbocycles. The minimum absolute atomic E-state index is 0.438. The fourth-order valence-corrected chi connectivity index (χ4v) is 1.50. The van der Waals surface area contributed by atoms with Crippen LogP contribution < -0.4 is 5.73 Å². The summed E-state index contributed by atoms with van der Waals surface area (Å²) < 4.78 is 1.64. The second-order valence-electron chi connectivity index (χ2n) is 2.76. The van der Waals surface area contributed by atoms with Gasteiger partial charge in [0.05, 0.1) is 18.1 Å². The van der Waals surface area contributed by atoms with E-state index in [1.54, 1.807) is 16.9 Å². The van der Waals surface area contributed by atoms with Gasteiger partial charge in [-0.25, -0.2) is 9.50 Å². The zero-order valence-corrected chi connectivity index (χ0v) is 7.91. The summed E-state index contributed by atoms with van der Waals surface area (Å²) in [7, 11) is 0. The molecule has 4 nitrogen and oxygen atoms in total. The van der Waals surface area contributed by atoms with Crippen LogP contribution in [0.2, 0.25) is 5.15 Å². The minimum Gasteiger partial charge on any atom is -0.397 e. The van der Waals surface area contributed by atoms with E-state index in [2.05, 4.69) is 10.1 Å². The molecule has 0 fully saturated rings. The van der Waals surface area contributed by atoms with Gasteiger partial charge in [0.25, 0.3) is 0 Å². The number of aromatic nitrogens is 3.